The maximum Gasteiger partial charge on any atom is 0.313 e. The fourth-order valence-corrected chi connectivity index (χ4v) is 5.04. The Hall–Kier alpha value is -1.45. The number of aliphatic hydroxyl groups is 1. The summed E-state index contributed by atoms with van der Waals surface area (Å²) in [6.45, 7) is 4.63. The van der Waals surface area contributed by atoms with E-state index in [1.54, 1.807) is 6.92 Å². The minimum atomic E-state index is -3.92. The molecule has 1 aromatic rings. The monoisotopic (exact) mass is 346 g/mol. The van der Waals surface area contributed by atoms with Crippen LogP contribution in [0.1, 0.15) is 37.6 Å². The van der Waals surface area contributed by atoms with Crippen molar-refractivity contribution in [3.63, 3.8) is 0 Å². The number of carboxylic acids is 1. The molecule has 0 unspecified atom stereocenters. The Kier molecular flexibility index (Phi) is 4.84. The fraction of sp³-hybridized carbons (Fsp3) is 0.714. The first kappa shape index (κ1) is 17.9. The molecule has 0 spiro atoms. The highest BCUT2D eigenvalue weighted by molar-refractivity contribution is 7.89. The van der Waals surface area contributed by atoms with E-state index in [2.05, 4.69) is 5.16 Å². The standard InChI is InChI=1S/C14H22N2O6S/c1-4-6-14(13(18)19)8-16(7-5-11(14)17)23(20,21)12-9(2)15-22-10(12)3/h11,17H,4-8H2,1-3H3,(H,18,19)/t11-,14-/m0/s1. The zero-order valence-corrected chi connectivity index (χ0v) is 14.3. The molecule has 9 heteroatoms. The van der Waals surface area contributed by atoms with Crippen LogP contribution in [0.2, 0.25) is 0 Å². The summed E-state index contributed by atoms with van der Waals surface area (Å²) >= 11 is 0. The molecule has 2 rings (SSSR count). The highest BCUT2D eigenvalue weighted by atomic mass is 32.2. The van der Waals surface area contributed by atoms with Gasteiger partial charge >= 0.3 is 5.97 Å². The van der Waals surface area contributed by atoms with Crippen LogP contribution >= 0.6 is 0 Å². The van der Waals surface area contributed by atoms with Gasteiger partial charge in [0.15, 0.2) is 5.76 Å². The molecule has 2 heterocycles. The van der Waals surface area contributed by atoms with Crippen molar-refractivity contribution < 1.29 is 27.9 Å². The quantitative estimate of drug-likeness (QED) is 0.813. The maximum atomic E-state index is 12.9. The lowest BCUT2D eigenvalue weighted by atomic mass is 9.74. The van der Waals surface area contributed by atoms with Gasteiger partial charge in [-0.15, -0.1) is 0 Å². The first-order valence-electron chi connectivity index (χ1n) is 7.51. The molecule has 1 aromatic heterocycles. The molecule has 2 atom stereocenters. The molecule has 0 radical (unpaired) electrons. The molecule has 0 aliphatic carbocycles. The van der Waals surface area contributed by atoms with E-state index in [4.69, 9.17) is 4.52 Å². The number of hydrogen-bond donors (Lipinski definition) is 2. The van der Waals surface area contributed by atoms with E-state index in [1.165, 1.54) is 13.8 Å². The Morgan fingerprint density at radius 1 is 1.48 bits per heavy atom. The van der Waals surface area contributed by atoms with Gasteiger partial charge in [0.2, 0.25) is 10.0 Å². The summed E-state index contributed by atoms with van der Waals surface area (Å²) in [4.78, 5) is 11.7. The second-order valence-electron chi connectivity index (χ2n) is 6.01. The average molecular weight is 346 g/mol. The van der Waals surface area contributed by atoms with Gasteiger partial charge < -0.3 is 14.7 Å². The molecule has 1 fully saturated rings. The first-order chi connectivity index (χ1) is 10.7. The Morgan fingerprint density at radius 2 is 2.13 bits per heavy atom. The molecule has 130 valence electrons. The van der Waals surface area contributed by atoms with E-state index in [1.807, 2.05) is 0 Å². The molecule has 0 amide bonds. The second-order valence-corrected chi connectivity index (χ2v) is 7.88. The summed E-state index contributed by atoms with van der Waals surface area (Å²) in [5.41, 5.74) is -1.25. The molecule has 1 aliphatic heterocycles. The lowest BCUT2D eigenvalue weighted by molar-refractivity contribution is -0.161. The third-order valence-corrected chi connectivity index (χ3v) is 6.53. The predicted octanol–water partition coefficient (Wildman–Crippen LogP) is 0.918. The number of sulfonamides is 1. The van der Waals surface area contributed by atoms with Gasteiger partial charge in [0.05, 0.1) is 6.10 Å². The van der Waals surface area contributed by atoms with E-state index < -0.39 is 27.5 Å². The molecule has 23 heavy (non-hydrogen) atoms. The van der Waals surface area contributed by atoms with Gasteiger partial charge in [-0.05, 0) is 26.7 Å². The predicted molar refractivity (Wildman–Crippen MR) is 80.3 cm³/mol. The SMILES string of the molecule is CCC[C@]1(C(=O)O)CN(S(=O)(=O)c2c(C)noc2C)CC[C@@H]1O. The van der Waals surface area contributed by atoms with Crippen molar-refractivity contribution in [2.45, 2.75) is 51.0 Å². The molecule has 0 aromatic carbocycles. The highest BCUT2D eigenvalue weighted by Gasteiger charge is 2.51. The van der Waals surface area contributed by atoms with Crippen molar-refractivity contribution in [3.8, 4) is 0 Å². The van der Waals surface area contributed by atoms with E-state index in [-0.39, 0.29) is 42.3 Å². The Bertz CT molecular complexity index is 679. The number of aliphatic hydroxyl groups excluding tert-OH is 1. The van der Waals surface area contributed by atoms with E-state index in [0.717, 1.165) is 4.31 Å². The molecule has 0 saturated carbocycles. The minimum absolute atomic E-state index is 0.0234. The summed E-state index contributed by atoms with van der Waals surface area (Å²) in [5, 5.41) is 23.5. The largest absolute Gasteiger partial charge is 0.481 e. The zero-order chi connectivity index (χ0) is 17.4. The number of carbonyl (C=O) groups is 1. The number of carboxylic acid groups (broad SMARTS) is 1. The molecule has 2 N–H and O–H groups in total. The number of aryl methyl sites for hydroxylation is 2. The van der Waals surface area contributed by atoms with Crippen LogP contribution in [0.5, 0.6) is 0 Å². The highest BCUT2D eigenvalue weighted by Crippen LogP contribution is 2.38. The topological polar surface area (TPSA) is 121 Å². The Morgan fingerprint density at radius 3 is 2.61 bits per heavy atom. The summed E-state index contributed by atoms with van der Waals surface area (Å²) in [7, 11) is -3.92. The Labute approximate surface area is 135 Å². The van der Waals surface area contributed by atoms with E-state index in [0.29, 0.717) is 6.42 Å². The van der Waals surface area contributed by atoms with Crippen molar-refractivity contribution in [1.82, 2.24) is 9.46 Å². The number of nitrogens with zero attached hydrogens (tertiary/aromatic N) is 2. The van der Waals surface area contributed by atoms with Crippen molar-refractivity contribution in [2.24, 2.45) is 5.41 Å². The number of aliphatic carboxylic acids is 1. The second kappa shape index (κ2) is 6.21. The molecular weight excluding hydrogens is 324 g/mol. The average Bonchev–Trinajstić information content (AvgIpc) is 2.80. The van der Waals surface area contributed by atoms with Crippen LogP contribution in [-0.2, 0) is 14.8 Å². The number of hydrogen-bond acceptors (Lipinski definition) is 6. The number of piperidine rings is 1. The molecular formula is C14H22N2O6S. The third-order valence-electron chi connectivity index (χ3n) is 4.44. The van der Waals surface area contributed by atoms with Crippen molar-refractivity contribution in [2.75, 3.05) is 13.1 Å². The van der Waals surface area contributed by atoms with Gasteiger partial charge in [-0.3, -0.25) is 4.79 Å². The summed E-state index contributed by atoms with van der Waals surface area (Å²) < 4.78 is 31.8. The molecule has 8 nitrogen and oxygen atoms in total. The normalized spacial score (nSPS) is 26.3. The fourth-order valence-electron chi connectivity index (χ4n) is 3.23. The summed E-state index contributed by atoms with van der Waals surface area (Å²) in [5.74, 6) is -1.00. The zero-order valence-electron chi connectivity index (χ0n) is 13.4. The lowest BCUT2D eigenvalue weighted by Gasteiger charge is -2.42. The lowest BCUT2D eigenvalue weighted by Crippen LogP contribution is -2.57. The van der Waals surface area contributed by atoms with Crippen LogP contribution in [0.25, 0.3) is 0 Å². The van der Waals surface area contributed by atoms with Gasteiger partial charge in [-0.1, -0.05) is 18.5 Å². The van der Waals surface area contributed by atoms with Crippen LogP contribution in [0.4, 0.5) is 0 Å². The smallest absolute Gasteiger partial charge is 0.313 e. The number of aromatic nitrogens is 1. The Balaban J connectivity index is 2.43. The van der Waals surface area contributed by atoms with Gasteiger partial charge in [-0.25, -0.2) is 8.42 Å². The van der Waals surface area contributed by atoms with Crippen LogP contribution < -0.4 is 0 Å². The van der Waals surface area contributed by atoms with Crippen LogP contribution in [0.15, 0.2) is 9.42 Å². The van der Waals surface area contributed by atoms with Crippen LogP contribution in [0, 0.1) is 19.3 Å². The van der Waals surface area contributed by atoms with Gasteiger partial charge in [0.1, 0.15) is 16.0 Å². The first-order valence-corrected chi connectivity index (χ1v) is 8.95. The van der Waals surface area contributed by atoms with Gasteiger partial charge in [0, 0.05) is 13.1 Å². The van der Waals surface area contributed by atoms with Crippen LogP contribution in [-0.4, -0.2) is 53.3 Å². The molecule has 1 saturated heterocycles. The van der Waals surface area contributed by atoms with Gasteiger partial charge in [-0.2, -0.15) is 4.31 Å². The minimum Gasteiger partial charge on any atom is -0.481 e. The number of rotatable bonds is 5. The molecule has 1 aliphatic rings. The molecule has 0 bridgehead atoms. The third kappa shape index (κ3) is 2.88. The summed E-state index contributed by atoms with van der Waals surface area (Å²) in [6.07, 6.45) is -0.259. The van der Waals surface area contributed by atoms with Crippen molar-refractivity contribution >= 4 is 16.0 Å². The van der Waals surface area contributed by atoms with E-state index in [9.17, 15) is 23.4 Å². The maximum absolute atomic E-state index is 12.9. The van der Waals surface area contributed by atoms with Crippen molar-refractivity contribution in [3.05, 3.63) is 11.5 Å². The van der Waals surface area contributed by atoms with Gasteiger partial charge in [0.25, 0.3) is 0 Å². The van der Waals surface area contributed by atoms with E-state index >= 15 is 0 Å². The summed E-state index contributed by atoms with van der Waals surface area (Å²) in [6, 6.07) is 0. The van der Waals surface area contributed by atoms with Crippen LogP contribution in [0.3, 0.4) is 0 Å². The van der Waals surface area contributed by atoms with Crippen molar-refractivity contribution in [1.29, 1.82) is 0 Å².